The smallest absolute Gasteiger partial charge is 0.343 e. The fourth-order valence-corrected chi connectivity index (χ4v) is 3.33. The van der Waals surface area contributed by atoms with Crippen molar-refractivity contribution in [3.8, 4) is 17.1 Å². The number of esters is 1. The number of carbonyl (C=O) groups is 1. The van der Waals surface area contributed by atoms with Crippen LogP contribution in [0.5, 0.6) is 5.75 Å². The molecule has 0 saturated carbocycles. The zero-order chi connectivity index (χ0) is 19.7. The third kappa shape index (κ3) is 3.49. The Hall–Kier alpha value is -3.18. The maximum Gasteiger partial charge on any atom is 0.343 e. The topological polar surface area (TPSA) is 56.5 Å². The number of ether oxygens (including phenoxy) is 1. The maximum absolute atomic E-state index is 13.2. The highest BCUT2D eigenvalue weighted by molar-refractivity contribution is 9.10. The highest BCUT2D eigenvalue weighted by Crippen LogP contribution is 2.31. The molecule has 0 radical (unpaired) electrons. The SMILES string of the molecule is Cc1ccc2oc(-c3ccccc3)c(OC(=O)c3cccc(Br)c3)c(=O)c2c1. The predicted molar refractivity (Wildman–Crippen MR) is 112 cm³/mol. The van der Waals surface area contributed by atoms with E-state index >= 15 is 0 Å². The summed E-state index contributed by atoms with van der Waals surface area (Å²) in [5.74, 6) is -0.516. The molecular formula is C23H15BrO4. The van der Waals surface area contributed by atoms with Crippen LogP contribution in [0.4, 0.5) is 0 Å². The molecule has 0 fully saturated rings. The number of hydrogen-bond donors (Lipinski definition) is 0. The molecule has 4 rings (SSSR count). The number of halogens is 1. The molecule has 0 spiro atoms. The predicted octanol–water partition coefficient (Wildman–Crippen LogP) is 5.75. The number of fused-ring (bicyclic) bond motifs is 1. The van der Waals surface area contributed by atoms with Crippen LogP contribution >= 0.6 is 15.9 Å². The van der Waals surface area contributed by atoms with Gasteiger partial charge in [-0.25, -0.2) is 4.79 Å². The molecule has 0 amide bonds. The van der Waals surface area contributed by atoms with E-state index in [2.05, 4.69) is 15.9 Å². The minimum Gasteiger partial charge on any atom is -0.452 e. The molecule has 0 N–H and O–H groups in total. The summed E-state index contributed by atoms with van der Waals surface area (Å²) in [5, 5.41) is 0.372. The van der Waals surface area contributed by atoms with Crippen LogP contribution in [0, 0.1) is 6.92 Å². The highest BCUT2D eigenvalue weighted by atomic mass is 79.9. The van der Waals surface area contributed by atoms with E-state index in [0.717, 1.165) is 10.0 Å². The first-order valence-corrected chi connectivity index (χ1v) is 9.43. The molecule has 0 aliphatic carbocycles. The Kier molecular flexibility index (Phi) is 4.84. The van der Waals surface area contributed by atoms with Crippen molar-refractivity contribution < 1.29 is 13.9 Å². The molecule has 0 unspecified atom stereocenters. The molecule has 138 valence electrons. The van der Waals surface area contributed by atoms with Gasteiger partial charge < -0.3 is 9.15 Å². The Morgan fingerprint density at radius 2 is 1.75 bits per heavy atom. The Morgan fingerprint density at radius 1 is 0.964 bits per heavy atom. The highest BCUT2D eigenvalue weighted by Gasteiger charge is 2.21. The summed E-state index contributed by atoms with van der Waals surface area (Å²) in [5.41, 5.74) is 1.96. The lowest BCUT2D eigenvalue weighted by Crippen LogP contribution is -2.16. The zero-order valence-corrected chi connectivity index (χ0v) is 16.5. The van der Waals surface area contributed by atoms with Crippen molar-refractivity contribution >= 4 is 32.9 Å². The second kappa shape index (κ2) is 7.44. The third-order valence-corrected chi connectivity index (χ3v) is 4.79. The minimum absolute atomic E-state index is 0.116. The summed E-state index contributed by atoms with van der Waals surface area (Å²) >= 11 is 3.33. The lowest BCUT2D eigenvalue weighted by Gasteiger charge is -2.11. The molecule has 0 bridgehead atoms. The molecule has 4 nitrogen and oxygen atoms in total. The van der Waals surface area contributed by atoms with Crippen LogP contribution < -0.4 is 10.2 Å². The second-order valence-electron chi connectivity index (χ2n) is 6.35. The molecule has 28 heavy (non-hydrogen) atoms. The fraction of sp³-hybridized carbons (Fsp3) is 0.0435. The lowest BCUT2D eigenvalue weighted by molar-refractivity contribution is 0.0731. The number of benzene rings is 3. The number of carbonyl (C=O) groups excluding carboxylic acids is 1. The Bertz CT molecular complexity index is 1240. The quantitative estimate of drug-likeness (QED) is 0.385. The van der Waals surface area contributed by atoms with Gasteiger partial charge in [-0.15, -0.1) is 0 Å². The molecule has 0 atom stereocenters. The molecule has 0 aliphatic rings. The van der Waals surface area contributed by atoms with Gasteiger partial charge in [0.15, 0.2) is 5.76 Å². The van der Waals surface area contributed by atoms with Crippen molar-refractivity contribution in [3.05, 3.63) is 98.6 Å². The van der Waals surface area contributed by atoms with Crippen LogP contribution in [0.1, 0.15) is 15.9 Å². The largest absolute Gasteiger partial charge is 0.452 e. The van der Waals surface area contributed by atoms with E-state index in [1.54, 1.807) is 48.5 Å². The van der Waals surface area contributed by atoms with Gasteiger partial charge in [0.1, 0.15) is 5.58 Å². The average Bonchev–Trinajstić information content (AvgIpc) is 2.71. The minimum atomic E-state index is -0.627. The summed E-state index contributed by atoms with van der Waals surface area (Å²) in [6, 6.07) is 21.3. The first-order valence-electron chi connectivity index (χ1n) is 8.63. The van der Waals surface area contributed by atoms with Crippen LogP contribution in [0.3, 0.4) is 0 Å². The van der Waals surface area contributed by atoms with E-state index in [0.29, 0.717) is 22.1 Å². The van der Waals surface area contributed by atoms with Gasteiger partial charge in [0, 0.05) is 10.0 Å². The van der Waals surface area contributed by atoms with Crippen molar-refractivity contribution in [3.63, 3.8) is 0 Å². The first-order chi connectivity index (χ1) is 13.5. The van der Waals surface area contributed by atoms with Gasteiger partial charge in [0.25, 0.3) is 0 Å². The zero-order valence-electron chi connectivity index (χ0n) is 14.9. The summed E-state index contributed by atoms with van der Waals surface area (Å²) < 4.78 is 12.3. The van der Waals surface area contributed by atoms with Crippen LogP contribution in [0.2, 0.25) is 0 Å². The number of rotatable bonds is 3. The van der Waals surface area contributed by atoms with Crippen LogP contribution in [0.15, 0.2) is 86.5 Å². The van der Waals surface area contributed by atoms with Gasteiger partial charge in [-0.3, -0.25) is 4.79 Å². The van der Waals surface area contributed by atoms with Crippen LogP contribution in [0.25, 0.3) is 22.3 Å². The summed E-state index contributed by atoms with van der Waals surface area (Å²) in [7, 11) is 0. The van der Waals surface area contributed by atoms with Gasteiger partial charge in [0.05, 0.1) is 10.9 Å². The van der Waals surface area contributed by atoms with Crippen molar-refractivity contribution in [2.24, 2.45) is 0 Å². The van der Waals surface area contributed by atoms with Gasteiger partial charge >= 0.3 is 5.97 Å². The van der Waals surface area contributed by atoms with Crippen molar-refractivity contribution in [1.82, 2.24) is 0 Å². The summed E-state index contributed by atoms with van der Waals surface area (Å²) in [6.07, 6.45) is 0. The van der Waals surface area contributed by atoms with E-state index in [1.165, 1.54) is 0 Å². The molecule has 3 aromatic carbocycles. The summed E-state index contributed by atoms with van der Waals surface area (Å²) in [4.78, 5) is 25.8. The summed E-state index contributed by atoms with van der Waals surface area (Å²) in [6.45, 7) is 1.89. The van der Waals surface area contributed by atoms with E-state index in [9.17, 15) is 9.59 Å². The van der Waals surface area contributed by atoms with Gasteiger partial charge in [0.2, 0.25) is 11.2 Å². The molecule has 1 aromatic heterocycles. The Balaban J connectivity index is 1.91. The Labute approximate surface area is 169 Å². The van der Waals surface area contributed by atoms with Crippen LogP contribution in [-0.4, -0.2) is 5.97 Å². The normalized spacial score (nSPS) is 10.8. The molecular weight excluding hydrogens is 420 g/mol. The first kappa shape index (κ1) is 18.2. The van der Waals surface area contributed by atoms with Crippen molar-refractivity contribution in [2.45, 2.75) is 6.92 Å². The van der Waals surface area contributed by atoms with E-state index in [4.69, 9.17) is 9.15 Å². The molecule has 0 saturated heterocycles. The van der Waals surface area contributed by atoms with E-state index in [1.807, 2.05) is 31.2 Å². The average molecular weight is 435 g/mol. The molecule has 4 aromatic rings. The van der Waals surface area contributed by atoms with Gasteiger partial charge in [-0.1, -0.05) is 64.0 Å². The maximum atomic E-state index is 13.2. The molecule has 5 heteroatoms. The van der Waals surface area contributed by atoms with Crippen LogP contribution in [-0.2, 0) is 0 Å². The van der Waals surface area contributed by atoms with E-state index in [-0.39, 0.29) is 16.9 Å². The van der Waals surface area contributed by atoms with Gasteiger partial charge in [-0.05, 0) is 37.3 Å². The van der Waals surface area contributed by atoms with Crippen molar-refractivity contribution in [2.75, 3.05) is 0 Å². The van der Waals surface area contributed by atoms with Gasteiger partial charge in [-0.2, -0.15) is 0 Å². The van der Waals surface area contributed by atoms with E-state index < -0.39 is 5.97 Å². The number of aryl methyl sites for hydroxylation is 1. The third-order valence-electron chi connectivity index (χ3n) is 4.30. The molecule has 0 aliphatic heterocycles. The standard InChI is InChI=1S/C23H15BrO4/c1-14-10-11-19-18(12-14)20(25)22(21(27-19)15-6-3-2-4-7-15)28-23(26)16-8-5-9-17(24)13-16/h2-13H,1H3. The lowest BCUT2D eigenvalue weighted by atomic mass is 10.1. The van der Waals surface area contributed by atoms with Crippen molar-refractivity contribution in [1.29, 1.82) is 0 Å². The second-order valence-corrected chi connectivity index (χ2v) is 7.27. The number of hydrogen-bond acceptors (Lipinski definition) is 4. The monoisotopic (exact) mass is 434 g/mol. The Morgan fingerprint density at radius 3 is 2.50 bits per heavy atom. The molecule has 1 heterocycles. The fourth-order valence-electron chi connectivity index (χ4n) is 2.93.